The van der Waals surface area contributed by atoms with Crippen molar-refractivity contribution in [3.63, 3.8) is 0 Å². The van der Waals surface area contributed by atoms with Gasteiger partial charge in [-0.2, -0.15) is 0 Å². The number of thiazole rings is 1. The predicted octanol–water partition coefficient (Wildman–Crippen LogP) is 3.14. The Bertz CT molecular complexity index is 1360. The highest BCUT2D eigenvalue weighted by Gasteiger charge is 2.37. The van der Waals surface area contributed by atoms with E-state index in [-0.39, 0.29) is 35.7 Å². The van der Waals surface area contributed by atoms with Crippen molar-refractivity contribution >= 4 is 40.0 Å². The third-order valence-corrected chi connectivity index (χ3v) is 8.50. The highest BCUT2D eigenvalue weighted by atomic mass is 32.1. The van der Waals surface area contributed by atoms with Crippen LogP contribution in [0, 0.1) is 12.8 Å². The zero-order valence-corrected chi connectivity index (χ0v) is 23.2. The number of rotatable bonds is 6. The Morgan fingerprint density at radius 3 is 2.68 bits per heavy atom. The van der Waals surface area contributed by atoms with Crippen LogP contribution in [-0.4, -0.2) is 64.3 Å². The van der Waals surface area contributed by atoms with Crippen LogP contribution < -0.4 is 16.0 Å². The van der Waals surface area contributed by atoms with E-state index in [1.165, 1.54) is 11.3 Å². The fraction of sp³-hybridized carbons (Fsp3) is 0.500. The average Bonchev–Trinajstić information content (AvgIpc) is 3.48. The number of amides is 3. The van der Waals surface area contributed by atoms with Crippen LogP contribution in [0.4, 0.5) is 0 Å². The van der Waals surface area contributed by atoms with Crippen molar-refractivity contribution in [2.45, 2.75) is 71.1 Å². The summed E-state index contributed by atoms with van der Waals surface area (Å²) in [6, 6.07) is 7.21. The van der Waals surface area contributed by atoms with Crippen molar-refractivity contribution < 1.29 is 14.4 Å². The van der Waals surface area contributed by atoms with Crippen LogP contribution in [0.15, 0.2) is 24.3 Å². The Morgan fingerprint density at radius 1 is 1.11 bits per heavy atom. The van der Waals surface area contributed by atoms with E-state index in [2.05, 4.69) is 37.9 Å². The van der Waals surface area contributed by atoms with Gasteiger partial charge in [-0.3, -0.25) is 14.4 Å². The molecule has 0 saturated heterocycles. The fourth-order valence-corrected chi connectivity index (χ4v) is 6.51. The fourth-order valence-electron chi connectivity index (χ4n) is 5.41. The van der Waals surface area contributed by atoms with Gasteiger partial charge in [0, 0.05) is 53.3 Å². The number of nitrogens with one attached hydrogen (secondary N) is 4. The summed E-state index contributed by atoms with van der Waals surface area (Å²) in [6.45, 7) is 7.61. The van der Waals surface area contributed by atoms with Crippen molar-refractivity contribution in [1.29, 1.82) is 0 Å². The number of hydrogen-bond acceptors (Lipinski definition) is 6. The number of aromatic nitrogens is 2. The van der Waals surface area contributed by atoms with E-state index in [0.29, 0.717) is 30.0 Å². The second-order valence-electron chi connectivity index (χ2n) is 11.0. The molecule has 9 nitrogen and oxygen atoms in total. The lowest BCUT2D eigenvalue weighted by Crippen LogP contribution is -2.56. The molecule has 1 fully saturated rings. The first-order chi connectivity index (χ1) is 18.2. The van der Waals surface area contributed by atoms with E-state index in [1.54, 1.807) is 0 Å². The van der Waals surface area contributed by atoms with Gasteiger partial charge < -0.3 is 25.8 Å². The normalized spacial score (nSPS) is 21.8. The number of aryl methyl sites for hydroxylation is 1. The SMILES string of the molecule is Cc1ccc2[nH]c(C(=O)N[C@H]3CC[C@H](C(=O)NC(C)C)C[C@H]3NC(=O)c3nc4c(s3)CN(C)CC4)cc2c1. The Hall–Kier alpha value is -3.24. The lowest BCUT2D eigenvalue weighted by atomic mass is 9.81. The van der Waals surface area contributed by atoms with Gasteiger partial charge in [-0.25, -0.2) is 4.98 Å². The minimum absolute atomic E-state index is 0.0113. The molecule has 5 rings (SSSR count). The minimum atomic E-state index is -0.390. The van der Waals surface area contributed by atoms with E-state index in [4.69, 9.17) is 0 Å². The highest BCUT2D eigenvalue weighted by Crippen LogP contribution is 2.28. The number of fused-ring (bicyclic) bond motifs is 2. The van der Waals surface area contributed by atoms with Crippen molar-refractivity contribution in [3.05, 3.63) is 51.1 Å². The number of carbonyl (C=O) groups excluding carboxylic acids is 3. The van der Waals surface area contributed by atoms with E-state index >= 15 is 0 Å². The summed E-state index contributed by atoms with van der Waals surface area (Å²) < 4.78 is 0. The number of benzene rings is 1. The number of nitrogens with zero attached hydrogens (tertiary/aromatic N) is 2. The van der Waals surface area contributed by atoms with Crippen LogP contribution in [0.5, 0.6) is 0 Å². The standard InChI is InChI=1S/C28H36N6O3S/c1-15(2)29-25(35)17-6-8-20(31-26(36)23-13-18-11-16(3)5-7-19(18)30-23)22(12-17)32-27(37)28-33-21-9-10-34(4)14-24(21)38-28/h5,7,11,13,15,17,20,22,30H,6,8-10,12,14H2,1-4H3,(H,29,35)(H,31,36)(H,32,37)/t17-,20-,22+/m0/s1. The number of aromatic amines is 1. The van der Waals surface area contributed by atoms with Gasteiger partial charge in [-0.05, 0) is 65.3 Å². The zero-order valence-electron chi connectivity index (χ0n) is 22.4. The topological polar surface area (TPSA) is 119 Å². The number of hydrogen-bond donors (Lipinski definition) is 4. The maximum absolute atomic E-state index is 13.3. The van der Waals surface area contributed by atoms with E-state index in [9.17, 15) is 14.4 Å². The van der Waals surface area contributed by atoms with E-state index in [0.717, 1.165) is 46.5 Å². The molecule has 1 aromatic carbocycles. The van der Waals surface area contributed by atoms with Crippen LogP contribution in [0.25, 0.3) is 10.9 Å². The lowest BCUT2D eigenvalue weighted by Gasteiger charge is -2.36. The molecule has 1 saturated carbocycles. The van der Waals surface area contributed by atoms with Gasteiger partial charge in [0.2, 0.25) is 5.91 Å². The molecule has 4 N–H and O–H groups in total. The largest absolute Gasteiger partial charge is 0.354 e. The molecule has 0 radical (unpaired) electrons. The molecule has 3 aromatic rings. The molecule has 2 aromatic heterocycles. The molecule has 0 spiro atoms. The van der Waals surface area contributed by atoms with Gasteiger partial charge in [0.25, 0.3) is 11.8 Å². The summed E-state index contributed by atoms with van der Waals surface area (Å²) in [6.07, 6.45) is 2.51. The summed E-state index contributed by atoms with van der Waals surface area (Å²) in [4.78, 5) is 50.5. The molecule has 3 amide bonds. The molecule has 10 heteroatoms. The van der Waals surface area contributed by atoms with Crippen molar-refractivity contribution in [2.75, 3.05) is 13.6 Å². The Labute approximate surface area is 226 Å². The Kier molecular flexibility index (Phi) is 7.54. The Balaban J connectivity index is 1.33. The molecule has 0 bridgehead atoms. The quantitative estimate of drug-likeness (QED) is 0.386. The van der Waals surface area contributed by atoms with Crippen LogP contribution >= 0.6 is 11.3 Å². The summed E-state index contributed by atoms with van der Waals surface area (Å²) in [7, 11) is 2.06. The monoisotopic (exact) mass is 536 g/mol. The van der Waals surface area contributed by atoms with Gasteiger partial charge in [-0.1, -0.05) is 11.6 Å². The highest BCUT2D eigenvalue weighted by molar-refractivity contribution is 7.13. The number of H-pyrrole nitrogens is 1. The maximum atomic E-state index is 13.3. The van der Waals surface area contributed by atoms with Gasteiger partial charge in [0.1, 0.15) is 5.69 Å². The Morgan fingerprint density at radius 2 is 1.89 bits per heavy atom. The molecule has 38 heavy (non-hydrogen) atoms. The molecule has 3 atom stereocenters. The van der Waals surface area contributed by atoms with Gasteiger partial charge in [0.05, 0.1) is 11.7 Å². The summed E-state index contributed by atoms with van der Waals surface area (Å²) in [5, 5.41) is 10.7. The van der Waals surface area contributed by atoms with Crippen LogP contribution in [0.3, 0.4) is 0 Å². The molecule has 0 unspecified atom stereocenters. The van der Waals surface area contributed by atoms with Crippen LogP contribution in [0.2, 0.25) is 0 Å². The van der Waals surface area contributed by atoms with Gasteiger partial charge in [0.15, 0.2) is 5.01 Å². The summed E-state index contributed by atoms with van der Waals surface area (Å²) >= 11 is 1.43. The molecule has 3 heterocycles. The third-order valence-electron chi connectivity index (χ3n) is 7.42. The molecule has 1 aliphatic heterocycles. The second kappa shape index (κ2) is 10.9. The first-order valence-electron chi connectivity index (χ1n) is 13.3. The molecule has 202 valence electrons. The predicted molar refractivity (Wildman–Crippen MR) is 148 cm³/mol. The summed E-state index contributed by atoms with van der Waals surface area (Å²) in [5.74, 6) is -0.712. The smallest absolute Gasteiger partial charge is 0.280 e. The van der Waals surface area contributed by atoms with Gasteiger partial charge in [-0.15, -0.1) is 11.3 Å². The maximum Gasteiger partial charge on any atom is 0.280 e. The van der Waals surface area contributed by atoms with Crippen LogP contribution in [-0.2, 0) is 17.8 Å². The number of carbonyl (C=O) groups is 3. The second-order valence-corrected chi connectivity index (χ2v) is 12.1. The lowest BCUT2D eigenvalue weighted by molar-refractivity contribution is -0.126. The number of likely N-dealkylation sites (N-methyl/N-ethyl adjacent to an activating group) is 1. The third kappa shape index (κ3) is 5.76. The minimum Gasteiger partial charge on any atom is -0.354 e. The average molecular weight is 537 g/mol. The van der Waals surface area contributed by atoms with E-state index in [1.807, 2.05) is 45.0 Å². The molecule has 2 aliphatic rings. The van der Waals surface area contributed by atoms with Gasteiger partial charge >= 0.3 is 0 Å². The first-order valence-corrected chi connectivity index (χ1v) is 14.2. The molecule has 1 aliphatic carbocycles. The molecular formula is C28H36N6O3S. The van der Waals surface area contributed by atoms with Crippen molar-refractivity contribution in [1.82, 2.24) is 30.8 Å². The summed E-state index contributed by atoms with van der Waals surface area (Å²) in [5.41, 5.74) is 3.50. The van der Waals surface area contributed by atoms with Crippen molar-refractivity contribution in [3.8, 4) is 0 Å². The van der Waals surface area contributed by atoms with Crippen molar-refractivity contribution in [2.24, 2.45) is 5.92 Å². The zero-order chi connectivity index (χ0) is 27.0. The van der Waals surface area contributed by atoms with E-state index < -0.39 is 6.04 Å². The molecular weight excluding hydrogens is 500 g/mol. The van der Waals surface area contributed by atoms with Crippen LogP contribution in [0.1, 0.15) is 69.5 Å². The first kappa shape index (κ1) is 26.4.